The Morgan fingerprint density at radius 1 is 1.29 bits per heavy atom. The molecule has 2 heteroatoms. The van der Waals surface area contributed by atoms with Gasteiger partial charge in [-0.15, -0.1) is 0 Å². The maximum Gasteiger partial charge on any atom is 0.0393 e. The van der Waals surface area contributed by atoms with Crippen LogP contribution >= 0.6 is 0 Å². The Bertz CT molecular complexity index is 387. The summed E-state index contributed by atoms with van der Waals surface area (Å²) in [6.07, 6.45) is 0. The molecule has 2 nitrogen and oxygen atoms in total. The van der Waals surface area contributed by atoms with E-state index >= 15 is 0 Å². The number of nitrogens with one attached hydrogen (secondary N) is 1. The van der Waals surface area contributed by atoms with E-state index in [9.17, 15) is 0 Å². The van der Waals surface area contributed by atoms with Gasteiger partial charge in [-0.1, -0.05) is 24.6 Å². The molecule has 1 aromatic carbocycles. The molecule has 0 saturated carbocycles. The Kier molecular flexibility index (Phi) is 3.72. The van der Waals surface area contributed by atoms with Crippen LogP contribution in [0.15, 0.2) is 18.2 Å². The van der Waals surface area contributed by atoms with Crippen LogP contribution in [0.25, 0.3) is 0 Å². The van der Waals surface area contributed by atoms with Crippen molar-refractivity contribution in [3.63, 3.8) is 0 Å². The lowest BCUT2D eigenvalue weighted by Crippen LogP contribution is -2.29. The highest BCUT2D eigenvalue weighted by Crippen LogP contribution is 2.23. The predicted octanol–water partition coefficient (Wildman–Crippen LogP) is 2.60. The minimum absolute atomic E-state index is 0.778. The molecule has 2 atom stereocenters. The van der Waals surface area contributed by atoms with Crippen molar-refractivity contribution in [1.29, 1.82) is 0 Å². The van der Waals surface area contributed by atoms with E-state index in [4.69, 9.17) is 0 Å². The number of anilines is 1. The normalized spacial score (nSPS) is 24.0. The molecule has 1 aliphatic heterocycles. The fourth-order valence-electron chi connectivity index (χ4n) is 2.79. The van der Waals surface area contributed by atoms with Crippen LogP contribution in [0.3, 0.4) is 0 Å². The molecule has 0 aromatic heterocycles. The average molecular weight is 232 g/mol. The van der Waals surface area contributed by atoms with Gasteiger partial charge in [-0.3, -0.25) is 0 Å². The standard InChI is InChI=1S/C15H24N2/c1-11-5-6-15(12(2)7-11)17(4)10-14-9-16-8-13(14)3/h5-7,13-14,16H,8-10H2,1-4H3/t13-,14+/m1/s1. The first-order valence-corrected chi connectivity index (χ1v) is 6.57. The smallest absolute Gasteiger partial charge is 0.0393 e. The third-order valence-corrected chi connectivity index (χ3v) is 3.95. The van der Waals surface area contributed by atoms with E-state index in [0.29, 0.717) is 0 Å². The monoisotopic (exact) mass is 232 g/mol. The fourth-order valence-corrected chi connectivity index (χ4v) is 2.79. The second-order valence-electron chi connectivity index (χ2n) is 5.57. The minimum Gasteiger partial charge on any atom is -0.374 e. The quantitative estimate of drug-likeness (QED) is 0.862. The Morgan fingerprint density at radius 3 is 2.65 bits per heavy atom. The van der Waals surface area contributed by atoms with E-state index < -0.39 is 0 Å². The van der Waals surface area contributed by atoms with E-state index in [1.165, 1.54) is 23.4 Å². The van der Waals surface area contributed by atoms with Gasteiger partial charge in [0.2, 0.25) is 0 Å². The van der Waals surface area contributed by atoms with Crippen LogP contribution in [-0.2, 0) is 0 Å². The molecule has 0 radical (unpaired) electrons. The Balaban J connectivity index is 2.06. The molecule has 0 unspecified atom stereocenters. The van der Waals surface area contributed by atoms with Crippen LogP contribution in [0.1, 0.15) is 18.1 Å². The van der Waals surface area contributed by atoms with Gasteiger partial charge in [0.1, 0.15) is 0 Å². The van der Waals surface area contributed by atoms with Gasteiger partial charge in [-0.25, -0.2) is 0 Å². The second-order valence-corrected chi connectivity index (χ2v) is 5.57. The first-order valence-electron chi connectivity index (χ1n) is 6.57. The van der Waals surface area contributed by atoms with Gasteiger partial charge in [-0.2, -0.15) is 0 Å². The fraction of sp³-hybridized carbons (Fsp3) is 0.600. The molecule has 1 heterocycles. The summed E-state index contributed by atoms with van der Waals surface area (Å²) in [5, 5.41) is 3.48. The van der Waals surface area contributed by atoms with Crippen molar-refractivity contribution in [3.05, 3.63) is 29.3 Å². The van der Waals surface area contributed by atoms with Crippen LogP contribution in [0, 0.1) is 25.7 Å². The van der Waals surface area contributed by atoms with E-state index in [1.807, 2.05) is 0 Å². The summed E-state index contributed by atoms with van der Waals surface area (Å²) in [5.74, 6) is 1.57. The van der Waals surface area contributed by atoms with Crippen molar-refractivity contribution >= 4 is 5.69 Å². The molecule has 17 heavy (non-hydrogen) atoms. The van der Waals surface area contributed by atoms with Crippen LogP contribution < -0.4 is 10.2 Å². The van der Waals surface area contributed by atoms with Gasteiger partial charge < -0.3 is 10.2 Å². The Hall–Kier alpha value is -1.02. The lowest BCUT2D eigenvalue weighted by Gasteiger charge is -2.26. The molecule has 2 rings (SSSR count). The van der Waals surface area contributed by atoms with E-state index in [0.717, 1.165) is 24.9 Å². The van der Waals surface area contributed by atoms with Crippen molar-refractivity contribution in [3.8, 4) is 0 Å². The number of benzene rings is 1. The Morgan fingerprint density at radius 2 is 2.06 bits per heavy atom. The SMILES string of the molecule is Cc1ccc(N(C)C[C@@H]2CNC[C@H]2C)c(C)c1. The number of nitrogens with zero attached hydrogens (tertiary/aromatic N) is 1. The number of hydrogen-bond acceptors (Lipinski definition) is 2. The molecular formula is C15H24N2. The van der Waals surface area contributed by atoms with Gasteiger partial charge in [0, 0.05) is 19.3 Å². The Labute approximate surface area is 105 Å². The third-order valence-electron chi connectivity index (χ3n) is 3.95. The zero-order valence-electron chi connectivity index (χ0n) is 11.5. The molecule has 0 amide bonds. The first kappa shape index (κ1) is 12.4. The van der Waals surface area contributed by atoms with Crippen LogP contribution in [0.2, 0.25) is 0 Å². The van der Waals surface area contributed by atoms with Gasteiger partial charge in [0.05, 0.1) is 0 Å². The average Bonchev–Trinajstić information content (AvgIpc) is 2.64. The molecule has 1 saturated heterocycles. The van der Waals surface area contributed by atoms with Crippen molar-refractivity contribution in [2.45, 2.75) is 20.8 Å². The number of aryl methyl sites for hydroxylation is 2. The van der Waals surface area contributed by atoms with Gasteiger partial charge in [0.25, 0.3) is 0 Å². The lowest BCUT2D eigenvalue weighted by atomic mass is 9.97. The first-order chi connectivity index (χ1) is 8.08. The van der Waals surface area contributed by atoms with E-state index in [2.05, 4.69) is 56.2 Å². The molecule has 0 bridgehead atoms. The van der Waals surface area contributed by atoms with E-state index in [-0.39, 0.29) is 0 Å². The zero-order valence-corrected chi connectivity index (χ0v) is 11.5. The molecule has 1 fully saturated rings. The summed E-state index contributed by atoms with van der Waals surface area (Å²) < 4.78 is 0. The highest BCUT2D eigenvalue weighted by Gasteiger charge is 2.24. The topological polar surface area (TPSA) is 15.3 Å². The number of hydrogen-bond donors (Lipinski definition) is 1. The summed E-state index contributed by atoms with van der Waals surface area (Å²) in [5.41, 5.74) is 4.09. The van der Waals surface area contributed by atoms with Crippen LogP contribution in [0.4, 0.5) is 5.69 Å². The van der Waals surface area contributed by atoms with Gasteiger partial charge in [0.15, 0.2) is 0 Å². The summed E-state index contributed by atoms with van der Waals surface area (Å²) >= 11 is 0. The predicted molar refractivity (Wildman–Crippen MR) is 74.7 cm³/mol. The molecule has 0 aliphatic carbocycles. The summed E-state index contributed by atoms with van der Waals surface area (Å²) in [6, 6.07) is 6.72. The van der Waals surface area contributed by atoms with Crippen molar-refractivity contribution < 1.29 is 0 Å². The molecular weight excluding hydrogens is 208 g/mol. The van der Waals surface area contributed by atoms with Gasteiger partial charge in [-0.05, 0) is 50.4 Å². The summed E-state index contributed by atoms with van der Waals surface area (Å²) in [7, 11) is 2.21. The van der Waals surface area contributed by atoms with Crippen molar-refractivity contribution in [2.75, 3.05) is 31.6 Å². The molecule has 1 aliphatic rings. The van der Waals surface area contributed by atoms with Crippen molar-refractivity contribution in [1.82, 2.24) is 5.32 Å². The molecule has 94 valence electrons. The summed E-state index contributed by atoms with van der Waals surface area (Å²) in [4.78, 5) is 2.41. The summed E-state index contributed by atoms with van der Waals surface area (Å²) in [6.45, 7) is 10.2. The maximum absolute atomic E-state index is 3.48. The van der Waals surface area contributed by atoms with Gasteiger partial charge >= 0.3 is 0 Å². The highest BCUT2D eigenvalue weighted by molar-refractivity contribution is 5.53. The second kappa shape index (κ2) is 5.09. The minimum atomic E-state index is 0.778. The van der Waals surface area contributed by atoms with Crippen LogP contribution in [0.5, 0.6) is 0 Å². The molecule has 1 aromatic rings. The number of rotatable bonds is 3. The highest BCUT2D eigenvalue weighted by atomic mass is 15.1. The molecule has 1 N–H and O–H groups in total. The third kappa shape index (κ3) is 2.81. The zero-order chi connectivity index (χ0) is 12.4. The van der Waals surface area contributed by atoms with E-state index in [1.54, 1.807) is 0 Å². The van der Waals surface area contributed by atoms with Crippen molar-refractivity contribution in [2.24, 2.45) is 11.8 Å². The maximum atomic E-state index is 3.48. The largest absolute Gasteiger partial charge is 0.374 e. The molecule has 0 spiro atoms. The lowest BCUT2D eigenvalue weighted by molar-refractivity contribution is 0.455. The van der Waals surface area contributed by atoms with Crippen LogP contribution in [-0.4, -0.2) is 26.7 Å².